The van der Waals surface area contributed by atoms with Gasteiger partial charge < -0.3 is 9.84 Å². The highest BCUT2D eigenvalue weighted by molar-refractivity contribution is 5.95. The van der Waals surface area contributed by atoms with Gasteiger partial charge in [-0.2, -0.15) is 4.98 Å². The first kappa shape index (κ1) is 18.8. The summed E-state index contributed by atoms with van der Waals surface area (Å²) in [7, 11) is 0. The Hall–Kier alpha value is -2.95. The molecule has 0 saturated heterocycles. The van der Waals surface area contributed by atoms with Crippen LogP contribution in [0.3, 0.4) is 0 Å². The highest BCUT2D eigenvalue weighted by atomic mass is 16.5. The number of nitrogens with zero attached hydrogens (tertiary/aromatic N) is 2. The molecule has 1 heterocycles. The fraction of sp³-hybridized carbons (Fsp3) is 0.318. The Bertz CT molecular complexity index is 950. The van der Waals surface area contributed by atoms with E-state index in [1.165, 1.54) is 5.56 Å². The predicted molar refractivity (Wildman–Crippen MR) is 106 cm³/mol. The van der Waals surface area contributed by atoms with Gasteiger partial charge in [-0.15, -0.1) is 0 Å². The lowest BCUT2D eigenvalue weighted by Gasteiger charge is -2.18. The molecule has 140 valence electrons. The van der Waals surface area contributed by atoms with Gasteiger partial charge in [-0.25, -0.2) is 0 Å². The van der Waals surface area contributed by atoms with Crippen molar-refractivity contribution in [3.63, 3.8) is 0 Å². The lowest BCUT2D eigenvalue weighted by Crippen LogP contribution is -2.23. The van der Waals surface area contributed by atoms with Crippen LogP contribution in [0.4, 0.5) is 0 Å². The van der Waals surface area contributed by atoms with Crippen LogP contribution in [0, 0.1) is 13.8 Å². The zero-order valence-electron chi connectivity index (χ0n) is 16.5. The third-order valence-electron chi connectivity index (χ3n) is 4.50. The third-order valence-corrected chi connectivity index (χ3v) is 4.50. The third kappa shape index (κ3) is 4.42. The molecule has 5 heteroatoms. The lowest BCUT2D eigenvalue weighted by atomic mass is 9.87. The summed E-state index contributed by atoms with van der Waals surface area (Å²) in [6.07, 6.45) is 0. The number of carbonyl (C=O) groups is 1. The van der Waals surface area contributed by atoms with Crippen molar-refractivity contribution in [1.82, 2.24) is 15.5 Å². The SMILES string of the molecule is Cc1ccc(C(=O)NCc2nc(-c3ccc(C(C)(C)C)cc3)no2)c(C)c1. The molecule has 0 radical (unpaired) electrons. The molecule has 1 N–H and O–H groups in total. The van der Waals surface area contributed by atoms with Crippen molar-refractivity contribution >= 4 is 5.91 Å². The number of carbonyl (C=O) groups excluding carboxylic acids is 1. The van der Waals surface area contributed by atoms with E-state index in [1.54, 1.807) is 0 Å². The van der Waals surface area contributed by atoms with Crippen LogP contribution in [0.1, 0.15) is 53.7 Å². The van der Waals surface area contributed by atoms with Crippen LogP contribution in [-0.4, -0.2) is 16.0 Å². The molecule has 27 heavy (non-hydrogen) atoms. The van der Waals surface area contributed by atoms with Gasteiger partial charge in [-0.3, -0.25) is 4.79 Å². The minimum Gasteiger partial charge on any atom is -0.343 e. The molecule has 0 aliphatic rings. The molecule has 2 aromatic carbocycles. The van der Waals surface area contributed by atoms with Gasteiger partial charge in [0.05, 0.1) is 6.54 Å². The molecule has 0 atom stereocenters. The number of hydrogen-bond donors (Lipinski definition) is 1. The molecule has 0 bridgehead atoms. The molecule has 3 aromatic rings. The van der Waals surface area contributed by atoms with Crippen LogP contribution in [0.25, 0.3) is 11.4 Å². The van der Waals surface area contributed by atoms with E-state index >= 15 is 0 Å². The van der Waals surface area contributed by atoms with Crippen molar-refractivity contribution in [2.75, 3.05) is 0 Å². The minimum absolute atomic E-state index is 0.0966. The first-order valence-electron chi connectivity index (χ1n) is 9.03. The molecular formula is C22H25N3O2. The Morgan fingerprint density at radius 3 is 2.41 bits per heavy atom. The second-order valence-electron chi connectivity index (χ2n) is 7.84. The Morgan fingerprint density at radius 1 is 1.07 bits per heavy atom. The van der Waals surface area contributed by atoms with E-state index in [0.717, 1.165) is 16.7 Å². The van der Waals surface area contributed by atoms with E-state index < -0.39 is 0 Å². The zero-order chi connectivity index (χ0) is 19.6. The van der Waals surface area contributed by atoms with Crippen LogP contribution < -0.4 is 5.32 Å². The Kier molecular flexibility index (Phi) is 5.13. The Balaban J connectivity index is 1.66. The Morgan fingerprint density at radius 2 is 1.78 bits per heavy atom. The van der Waals surface area contributed by atoms with Gasteiger partial charge in [0.25, 0.3) is 5.91 Å². The number of aryl methyl sites for hydroxylation is 2. The van der Waals surface area contributed by atoms with Gasteiger partial charge in [-0.05, 0) is 36.5 Å². The van der Waals surface area contributed by atoms with E-state index in [0.29, 0.717) is 17.3 Å². The maximum absolute atomic E-state index is 12.4. The number of rotatable bonds is 4. The summed E-state index contributed by atoms with van der Waals surface area (Å²) in [6, 6.07) is 13.9. The van der Waals surface area contributed by atoms with Crippen LogP contribution in [0.2, 0.25) is 0 Å². The van der Waals surface area contributed by atoms with E-state index in [-0.39, 0.29) is 17.9 Å². The van der Waals surface area contributed by atoms with E-state index in [9.17, 15) is 4.79 Å². The summed E-state index contributed by atoms with van der Waals surface area (Å²) in [5.74, 6) is 0.746. The fourth-order valence-electron chi connectivity index (χ4n) is 2.88. The van der Waals surface area contributed by atoms with E-state index in [1.807, 2.05) is 44.2 Å². The van der Waals surface area contributed by atoms with Gasteiger partial charge in [0, 0.05) is 11.1 Å². The number of nitrogens with one attached hydrogen (secondary N) is 1. The zero-order valence-corrected chi connectivity index (χ0v) is 16.5. The van der Waals surface area contributed by atoms with Crippen LogP contribution in [0.5, 0.6) is 0 Å². The highest BCUT2D eigenvalue weighted by Crippen LogP contribution is 2.25. The van der Waals surface area contributed by atoms with Crippen molar-refractivity contribution in [2.45, 2.75) is 46.6 Å². The molecule has 0 unspecified atom stereocenters. The quantitative estimate of drug-likeness (QED) is 0.737. The smallest absolute Gasteiger partial charge is 0.251 e. The first-order chi connectivity index (χ1) is 12.7. The normalized spacial score (nSPS) is 11.4. The summed E-state index contributed by atoms with van der Waals surface area (Å²) in [5.41, 5.74) is 4.95. The largest absolute Gasteiger partial charge is 0.343 e. The van der Waals surface area contributed by atoms with Crippen molar-refractivity contribution in [3.8, 4) is 11.4 Å². The number of benzene rings is 2. The molecule has 0 fully saturated rings. The summed E-state index contributed by atoms with van der Waals surface area (Å²) in [6.45, 7) is 10.6. The molecule has 1 aromatic heterocycles. The average Bonchev–Trinajstić information content (AvgIpc) is 3.08. The average molecular weight is 363 g/mol. The van der Waals surface area contributed by atoms with E-state index in [4.69, 9.17) is 4.52 Å². The molecule has 0 aliphatic heterocycles. The highest BCUT2D eigenvalue weighted by Gasteiger charge is 2.15. The lowest BCUT2D eigenvalue weighted by molar-refractivity contribution is 0.0945. The molecule has 0 aliphatic carbocycles. The standard InChI is InChI=1S/C22H25N3O2/c1-14-6-11-18(15(2)12-14)21(26)23-13-19-24-20(25-27-19)16-7-9-17(10-8-16)22(3,4)5/h6-12H,13H2,1-5H3,(H,23,26). The van der Waals surface area contributed by atoms with E-state index in [2.05, 4.69) is 48.4 Å². The molecule has 5 nitrogen and oxygen atoms in total. The summed E-state index contributed by atoms with van der Waals surface area (Å²) in [5, 5.41) is 6.85. The van der Waals surface area contributed by atoms with Gasteiger partial charge in [0.1, 0.15) is 0 Å². The first-order valence-corrected chi connectivity index (χ1v) is 9.03. The van der Waals surface area contributed by atoms with Crippen molar-refractivity contribution in [1.29, 1.82) is 0 Å². The number of aromatic nitrogens is 2. The molecule has 0 saturated carbocycles. The molecule has 0 spiro atoms. The number of amides is 1. The molecule has 3 rings (SSSR count). The minimum atomic E-state index is -0.151. The van der Waals surface area contributed by atoms with Gasteiger partial charge in [0.15, 0.2) is 0 Å². The van der Waals surface area contributed by atoms with Crippen molar-refractivity contribution < 1.29 is 9.32 Å². The fourth-order valence-corrected chi connectivity index (χ4v) is 2.88. The van der Waals surface area contributed by atoms with Crippen molar-refractivity contribution in [3.05, 3.63) is 70.6 Å². The van der Waals surface area contributed by atoms with Gasteiger partial charge in [-0.1, -0.05) is 67.9 Å². The second-order valence-corrected chi connectivity index (χ2v) is 7.84. The maximum Gasteiger partial charge on any atom is 0.251 e. The van der Waals surface area contributed by atoms with Gasteiger partial charge in [0.2, 0.25) is 11.7 Å². The van der Waals surface area contributed by atoms with Crippen LogP contribution in [-0.2, 0) is 12.0 Å². The topological polar surface area (TPSA) is 68.0 Å². The second kappa shape index (κ2) is 7.35. The maximum atomic E-state index is 12.4. The number of hydrogen-bond acceptors (Lipinski definition) is 4. The van der Waals surface area contributed by atoms with Crippen molar-refractivity contribution in [2.24, 2.45) is 0 Å². The van der Waals surface area contributed by atoms with Gasteiger partial charge >= 0.3 is 0 Å². The Labute approximate surface area is 159 Å². The summed E-state index contributed by atoms with van der Waals surface area (Å²) in [4.78, 5) is 16.7. The van der Waals surface area contributed by atoms with Crippen LogP contribution in [0.15, 0.2) is 47.0 Å². The van der Waals surface area contributed by atoms with Crippen LogP contribution >= 0.6 is 0 Å². The predicted octanol–water partition coefficient (Wildman–Crippen LogP) is 4.58. The molecular weight excluding hydrogens is 338 g/mol. The monoisotopic (exact) mass is 363 g/mol. The summed E-state index contributed by atoms with van der Waals surface area (Å²) >= 11 is 0. The molecule has 1 amide bonds. The summed E-state index contributed by atoms with van der Waals surface area (Å²) < 4.78 is 5.28.